The first kappa shape index (κ1) is 22.6. The Hall–Kier alpha value is -3.60. The second-order valence-electron chi connectivity index (χ2n) is 10.2. The molecule has 0 amide bonds. The topological polar surface area (TPSA) is 16.4 Å². The SMILES string of the molecule is CS(C)(C)c1cccc2c1oc1c(-c3ccc(N4c5ccccc5Sc5ccccc54)cc3)cccc12. The monoisotopic (exact) mass is 517 g/mol. The van der Waals surface area contributed by atoms with E-state index >= 15 is 0 Å². The van der Waals surface area contributed by atoms with Crippen LogP contribution in [0.2, 0.25) is 0 Å². The number of nitrogens with zero attached hydrogens (tertiary/aromatic N) is 1. The molecule has 7 rings (SSSR count). The van der Waals surface area contributed by atoms with Crippen LogP contribution in [0.1, 0.15) is 0 Å². The van der Waals surface area contributed by atoms with Crippen molar-refractivity contribution >= 4 is 60.8 Å². The summed E-state index contributed by atoms with van der Waals surface area (Å²) in [6, 6.07) is 39.2. The zero-order valence-corrected chi connectivity index (χ0v) is 22.7. The van der Waals surface area contributed by atoms with Crippen LogP contribution >= 0.6 is 21.8 Å². The van der Waals surface area contributed by atoms with Gasteiger partial charge in [-0.15, -0.1) is 0 Å². The molecule has 4 heteroatoms. The van der Waals surface area contributed by atoms with Crippen LogP contribution in [0.5, 0.6) is 0 Å². The number of furan rings is 1. The molecule has 0 N–H and O–H groups in total. The van der Waals surface area contributed by atoms with E-state index in [1.165, 1.54) is 36.8 Å². The van der Waals surface area contributed by atoms with Gasteiger partial charge in [0.2, 0.25) is 0 Å². The molecular weight excluding hydrogens is 491 g/mol. The van der Waals surface area contributed by atoms with Gasteiger partial charge >= 0.3 is 0 Å². The third kappa shape index (κ3) is 3.66. The maximum Gasteiger partial charge on any atom is 0.147 e. The third-order valence-corrected chi connectivity index (χ3v) is 9.79. The summed E-state index contributed by atoms with van der Waals surface area (Å²) in [6.07, 6.45) is 6.97. The Labute approximate surface area is 223 Å². The highest BCUT2D eigenvalue weighted by Crippen LogP contribution is 2.52. The third-order valence-electron chi connectivity index (χ3n) is 7.02. The van der Waals surface area contributed by atoms with Crippen molar-refractivity contribution in [2.75, 3.05) is 23.7 Å². The van der Waals surface area contributed by atoms with Gasteiger partial charge in [-0.3, -0.25) is 0 Å². The van der Waals surface area contributed by atoms with E-state index in [2.05, 4.69) is 133 Å². The maximum atomic E-state index is 6.64. The molecule has 1 aromatic heterocycles. The number of anilines is 3. The molecule has 0 atom stereocenters. The molecule has 0 radical (unpaired) electrons. The summed E-state index contributed by atoms with van der Waals surface area (Å²) in [6.45, 7) is 0. The normalized spacial score (nSPS) is 13.5. The van der Waals surface area contributed by atoms with Gasteiger partial charge in [0.1, 0.15) is 11.2 Å². The minimum atomic E-state index is -0.922. The zero-order chi connectivity index (χ0) is 25.1. The van der Waals surface area contributed by atoms with Crippen molar-refractivity contribution in [3.05, 3.63) is 109 Å². The largest absolute Gasteiger partial charge is 0.454 e. The Bertz CT molecular complexity index is 1750. The minimum absolute atomic E-state index is 0.922. The summed E-state index contributed by atoms with van der Waals surface area (Å²) in [7, 11) is -0.922. The predicted molar refractivity (Wildman–Crippen MR) is 162 cm³/mol. The lowest BCUT2D eigenvalue weighted by Gasteiger charge is -2.32. The van der Waals surface area contributed by atoms with Crippen LogP contribution in [0.15, 0.2) is 128 Å². The van der Waals surface area contributed by atoms with E-state index in [1.54, 1.807) is 0 Å². The quantitative estimate of drug-likeness (QED) is 0.232. The minimum Gasteiger partial charge on any atom is -0.454 e. The highest BCUT2D eigenvalue weighted by molar-refractivity contribution is 8.32. The Kier molecular flexibility index (Phi) is 5.17. The van der Waals surface area contributed by atoms with Gasteiger partial charge in [-0.05, 0) is 66.8 Å². The molecule has 0 bridgehead atoms. The van der Waals surface area contributed by atoms with Crippen molar-refractivity contribution < 1.29 is 4.42 Å². The number of hydrogen-bond donors (Lipinski definition) is 0. The van der Waals surface area contributed by atoms with Crippen molar-refractivity contribution in [2.24, 2.45) is 0 Å². The number of hydrogen-bond acceptors (Lipinski definition) is 3. The fourth-order valence-electron chi connectivity index (χ4n) is 5.28. The molecule has 37 heavy (non-hydrogen) atoms. The molecule has 182 valence electrons. The second kappa shape index (κ2) is 8.47. The van der Waals surface area contributed by atoms with Gasteiger partial charge in [-0.1, -0.05) is 78.5 Å². The van der Waals surface area contributed by atoms with E-state index in [0.717, 1.165) is 28.0 Å². The first-order chi connectivity index (χ1) is 18.0. The Balaban J connectivity index is 1.36. The molecule has 1 aliphatic heterocycles. The van der Waals surface area contributed by atoms with Crippen molar-refractivity contribution in [1.29, 1.82) is 0 Å². The summed E-state index contributed by atoms with van der Waals surface area (Å²) in [5.74, 6) is 0. The lowest BCUT2D eigenvalue weighted by molar-refractivity contribution is 0.661. The second-order valence-corrected chi connectivity index (χ2v) is 15.4. The first-order valence-electron chi connectivity index (χ1n) is 12.4. The van der Waals surface area contributed by atoms with Gasteiger partial charge in [0.05, 0.1) is 11.4 Å². The van der Waals surface area contributed by atoms with Crippen LogP contribution in [-0.2, 0) is 0 Å². The summed E-state index contributed by atoms with van der Waals surface area (Å²) in [5, 5.41) is 2.38. The molecule has 0 aliphatic carbocycles. The summed E-state index contributed by atoms with van der Waals surface area (Å²) >= 11 is 1.83. The molecule has 0 fully saturated rings. The van der Waals surface area contributed by atoms with E-state index in [1.807, 2.05) is 11.8 Å². The van der Waals surface area contributed by atoms with E-state index in [9.17, 15) is 0 Å². The summed E-state index contributed by atoms with van der Waals surface area (Å²) in [5.41, 5.74) is 7.87. The van der Waals surface area contributed by atoms with Crippen LogP contribution in [0.3, 0.4) is 0 Å². The van der Waals surface area contributed by atoms with Crippen LogP contribution in [-0.4, -0.2) is 18.8 Å². The van der Waals surface area contributed by atoms with Crippen LogP contribution in [0.25, 0.3) is 33.1 Å². The maximum absolute atomic E-state index is 6.64. The van der Waals surface area contributed by atoms with Crippen LogP contribution < -0.4 is 4.90 Å². The van der Waals surface area contributed by atoms with E-state index in [-0.39, 0.29) is 0 Å². The molecule has 0 unspecified atom stereocenters. The van der Waals surface area contributed by atoms with Gasteiger partial charge in [0.25, 0.3) is 0 Å². The molecular formula is C33H27NOS2. The van der Waals surface area contributed by atoms with Crippen molar-refractivity contribution in [3.8, 4) is 11.1 Å². The van der Waals surface area contributed by atoms with E-state index < -0.39 is 10.0 Å². The van der Waals surface area contributed by atoms with Crippen molar-refractivity contribution in [3.63, 3.8) is 0 Å². The number of para-hydroxylation sites is 4. The van der Waals surface area contributed by atoms with Gasteiger partial charge in [-0.25, -0.2) is 10.0 Å². The number of rotatable bonds is 3. The Morgan fingerprint density at radius 1 is 0.595 bits per heavy atom. The van der Waals surface area contributed by atoms with E-state index in [4.69, 9.17) is 4.42 Å². The summed E-state index contributed by atoms with van der Waals surface area (Å²) in [4.78, 5) is 6.23. The number of fused-ring (bicyclic) bond motifs is 5. The standard InChI is InChI=1S/C33H27NOS2/c1-37(2,3)31-17-9-12-26-25-11-8-10-24(32(25)35-33(26)31)22-18-20-23(21-19-22)34-27-13-4-6-15-29(27)36-30-16-7-5-14-28(30)34/h4-21H,1-3H3. The predicted octanol–water partition coefficient (Wildman–Crippen LogP) is 10.2. The van der Waals surface area contributed by atoms with E-state index in [0.29, 0.717) is 0 Å². The average Bonchev–Trinajstić information content (AvgIpc) is 3.30. The summed E-state index contributed by atoms with van der Waals surface area (Å²) < 4.78 is 6.64. The fourth-order valence-corrected chi connectivity index (χ4v) is 7.53. The molecule has 0 saturated carbocycles. The molecule has 2 heterocycles. The van der Waals surface area contributed by atoms with Gasteiger partial charge in [0, 0.05) is 36.7 Å². The van der Waals surface area contributed by atoms with Gasteiger partial charge in [0.15, 0.2) is 0 Å². The highest BCUT2D eigenvalue weighted by atomic mass is 32.3. The molecule has 0 saturated heterocycles. The molecule has 5 aromatic carbocycles. The van der Waals surface area contributed by atoms with Crippen LogP contribution in [0, 0.1) is 0 Å². The smallest absolute Gasteiger partial charge is 0.147 e. The molecule has 0 spiro atoms. The van der Waals surface area contributed by atoms with Gasteiger partial charge < -0.3 is 9.32 Å². The highest BCUT2D eigenvalue weighted by Gasteiger charge is 2.24. The van der Waals surface area contributed by atoms with Crippen molar-refractivity contribution in [1.82, 2.24) is 0 Å². The Morgan fingerprint density at radius 2 is 1.19 bits per heavy atom. The zero-order valence-electron chi connectivity index (χ0n) is 21.1. The molecule has 1 aliphatic rings. The average molecular weight is 518 g/mol. The first-order valence-corrected chi connectivity index (χ1v) is 16.1. The fraction of sp³-hybridized carbons (Fsp3) is 0.0909. The lowest BCUT2D eigenvalue weighted by atomic mass is 10.0. The Morgan fingerprint density at radius 3 is 1.84 bits per heavy atom. The molecule has 2 nitrogen and oxygen atoms in total. The van der Waals surface area contributed by atoms with Crippen molar-refractivity contribution in [2.45, 2.75) is 14.7 Å². The lowest BCUT2D eigenvalue weighted by Crippen LogP contribution is -2.14. The molecule has 6 aromatic rings. The van der Waals surface area contributed by atoms with Gasteiger partial charge in [-0.2, -0.15) is 0 Å². The van der Waals surface area contributed by atoms with Crippen LogP contribution in [0.4, 0.5) is 17.1 Å². The number of benzene rings is 5.